The Morgan fingerprint density at radius 3 is 2.56 bits per heavy atom. The molecule has 0 spiro atoms. The molecule has 2 rings (SSSR count). The van der Waals surface area contributed by atoms with E-state index in [1.54, 1.807) is 0 Å². The molecule has 0 aromatic heterocycles. The van der Waals surface area contributed by atoms with Crippen LogP contribution in [-0.2, 0) is 16.1 Å². The first-order chi connectivity index (χ1) is 11.7. The van der Waals surface area contributed by atoms with Crippen molar-refractivity contribution >= 4 is 29.9 Å². The number of unbranched alkanes of at least 4 members (excludes halogenated alkanes) is 3. The highest BCUT2D eigenvalue weighted by atomic mass is 35.5. The molecular weight excluding hydrogens is 338 g/mol. The Morgan fingerprint density at radius 1 is 1.12 bits per heavy atom. The predicted octanol–water partition coefficient (Wildman–Crippen LogP) is 3.37. The van der Waals surface area contributed by atoms with Crippen molar-refractivity contribution in [3.05, 3.63) is 29.8 Å². The maximum Gasteiger partial charge on any atom is 0.227 e. The zero-order valence-corrected chi connectivity index (χ0v) is 15.6. The second kappa shape index (κ2) is 11.9. The number of benzene rings is 1. The van der Waals surface area contributed by atoms with Crippen molar-refractivity contribution in [1.82, 2.24) is 5.32 Å². The molecule has 1 aromatic rings. The van der Waals surface area contributed by atoms with Crippen LogP contribution in [0.5, 0.6) is 0 Å². The highest BCUT2D eigenvalue weighted by molar-refractivity contribution is 5.93. The summed E-state index contributed by atoms with van der Waals surface area (Å²) in [6, 6.07) is 7.68. The third kappa shape index (κ3) is 7.88. The number of anilines is 1. The SMILES string of the molecule is Cl.NCCCCCCC(=O)NCc1cccc(NC(=O)C2CCC2)c1. The van der Waals surface area contributed by atoms with Gasteiger partial charge in [-0.3, -0.25) is 9.59 Å². The first kappa shape index (κ1) is 21.5. The van der Waals surface area contributed by atoms with Crippen LogP contribution < -0.4 is 16.4 Å². The fourth-order valence-electron chi connectivity index (χ4n) is 2.75. The monoisotopic (exact) mass is 367 g/mol. The molecule has 5 nitrogen and oxygen atoms in total. The summed E-state index contributed by atoms with van der Waals surface area (Å²) in [6.07, 6.45) is 7.77. The Labute approximate surface area is 156 Å². The Kier molecular flexibility index (Phi) is 10.2. The summed E-state index contributed by atoms with van der Waals surface area (Å²) in [5.74, 6) is 0.360. The van der Waals surface area contributed by atoms with Crippen molar-refractivity contribution in [1.29, 1.82) is 0 Å². The van der Waals surface area contributed by atoms with Crippen LogP contribution >= 0.6 is 12.4 Å². The highest BCUT2D eigenvalue weighted by Gasteiger charge is 2.25. The van der Waals surface area contributed by atoms with Crippen LogP contribution in [0, 0.1) is 5.92 Å². The maximum absolute atomic E-state index is 12.0. The van der Waals surface area contributed by atoms with Crippen LogP contribution in [0.2, 0.25) is 0 Å². The molecule has 140 valence electrons. The van der Waals surface area contributed by atoms with Gasteiger partial charge in [-0.25, -0.2) is 0 Å². The molecule has 0 heterocycles. The summed E-state index contributed by atoms with van der Waals surface area (Å²) >= 11 is 0. The molecule has 1 aliphatic rings. The van der Waals surface area contributed by atoms with E-state index in [-0.39, 0.29) is 30.1 Å². The second-order valence-corrected chi connectivity index (χ2v) is 6.55. The summed E-state index contributed by atoms with van der Waals surface area (Å²) in [5.41, 5.74) is 7.25. The van der Waals surface area contributed by atoms with Crippen molar-refractivity contribution in [2.24, 2.45) is 11.7 Å². The van der Waals surface area contributed by atoms with Crippen LogP contribution in [0.25, 0.3) is 0 Å². The number of nitrogens with one attached hydrogen (secondary N) is 2. The van der Waals surface area contributed by atoms with E-state index in [0.717, 1.165) is 62.7 Å². The second-order valence-electron chi connectivity index (χ2n) is 6.55. The van der Waals surface area contributed by atoms with Gasteiger partial charge < -0.3 is 16.4 Å². The zero-order chi connectivity index (χ0) is 17.2. The largest absolute Gasteiger partial charge is 0.352 e. The number of rotatable bonds is 10. The molecule has 1 fully saturated rings. The Bertz CT molecular complexity index is 547. The normalized spacial score (nSPS) is 13.5. The van der Waals surface area contributed by atoms with Gasteiger partial charge in [0.2, 0.25) is 11.8 Å². The number of carbonyl (C=O) groups is 2. The summed E-state index contributed by atoms with van der Waals surface area (Å²) < 4.78 is 0. The summed E-state index contributed by atoms with van der Waals surface area (Å²) in [6.45, 7) is 1.22. The van der Waals surface area contributed by atoms with Crippen LogP contribution in [0.3, 0.4) is 0 Å². The standard InChI is InChI=1S/C19H29N3O2.ClH/c20-12-4-2-1-3-11-18(23)21-14-15-7-5-10-17(13-15)22-19(24)16-8-6-9-16;/h5,7,10,13,16H,1-4,6,8-9,11-12,14,20H2,(H,21,23)(H,22,24);1H. The molecule has 6 heteroatoms. The van der Waals surface area contributed by atoms with Crippen LogP contribution in [0.4, 0.5) is 5.69 Å². The molecule has 2 amide bonds. The molecule has 0 saturated heterocycles. The Hall–Kier alpha value is -1.59. The number of nitrogens with two attached hydrogens (primary N) is 1. The first-order valence-corrected chi connectivity index (χ1v) is 9.05. The number of amides is 2. The van der Waals surface area contributed by atoms with Crippen molar-refractivity contribution in [3.63, 3.8) is 0 Å². The van der Waals surface area contributed by atoms with E-state index in [0.29, 0.717) is 13.0 Å². The number of hydrogen-bond acceptors (Lipinski definition) is 3. The van der Waals surface area contributed by atoms with E-state index in [9.17, 15) is 9.59 Å². The Morgan fingerprint density at radius 2 is 1.88 bits per heavy atom. The number of halogens is 1. The molecule has 0 unspecified atom stereocenters. The Balaban J connectivity index is 0.00000312. The lowest BCUT2D eigenvalue weighted by Gasteiger charge is -2.24. The average Bonchev–Trinajstić information content (AvgIpc) is 2.51. The molecule has 1 aliphatic carbocycles. The molecule has 0 aliphatic heterocycles. The summed E-state index contributed by atoms with van der Waals surface area (Å²) in [5, 5.41) is 5.90. The number of carbonyl (C=O) groups excluding carboxylic acids is 2. The zero-order valence-electron chi connectivity index (χ0n) is 14.8. The van der Waals surface area contributed by atoms with Crippen molar-refractivity contribution in [2.45, 2.75) is 57.9 Å². The lowest BCUT2D eigenvalue weighted by Crippen LogP contribution is -2.28. The van der Waals surface area contributed by atoms with Crippen LogP contribution in [0.1, 0.15) is 56.9 Å². The van der Waals surface area contributed by atoms with Gasteiger partial charge in [-0.15, -0.1) is 12.4 Å². The van der Waals surface area contributed by atoms with Gasteiger partial charge in [0.05, 0.1) is 0 Å². The maximum atomic E-state index is 12.0. The van der Waals surface area contributed by atoms with Gasteiger partial charge in [-0.1, -0.05) is 31.4 Å². The van der Waals surface area contributed by atoms with Crippen molar-refractivity contribution in [3.8, 4) is 0 Å². The molecule has 1 saturated carbocycles. The molecule has 0 atom stereocenters. The molecule has 4 N–H and O–H groups in total. The first-order valence-electron chi connectivity index (χ1n) is 9.05. The van der Waals surface area contributed by atoms with Gasteiger partial charge in [0.25, 0.3) is 0 Å². The molecule has 0 radical (unpaired) electrons. The van der Waals surface area contributed by atoms with Gasteiger partial charge in [0.15, 0.2) is 0 Å². The third-order valence-electron chi connectivity index (χ3n) is 4.52. The van der Waals surface area contributed by atoms with E-state index >= 15 is 0 Å². The third-order valence-corrected chi connectivity index (χ3v) is 4.52. The lowest BCUT2D eigenvalue weighted by molar-refractivity contribution is -0.122. The predicted molar refractivity (Wildman–Crippen MR) is 104 cm³/mol. The minimum atomic E-state index is 0. The number of hydrogen-bond donors (Lipinski definition) is 3. The van der Waals surface area contributed by atoms with Gasteiger partial charge >= 0.3 is 0 Å². The van der Waals surface area contributed by atoms with E-state index < -0.39 is 0 Å². The van der Waals surface area contributed by atoms with E-state index in [4.69, 9.17) is 5.73 Å². The van der Waals surface area contributed by atoms with E-state index in [2.05, 4.69) is 10.6 Å². The van der Waals surface area contributed by atoms with Gasteiger partial charge in [-0.2, -0.15) is 0 Å². The van der Waals surface area contributed by atoms with E-state index in [1.807, 2.05) is 24.3 Å². The van der Waals surface area contributed by atoms with Gasteiger partial charge in [-0.05, 0) is 49.9 Å². The molecule has 0 bridgehead atoms. The topological polar surface area (TPSA) is 84.2 Å². The highest BCUT2D eigenvalue weighted by Crippen LogP contribution is 2.27. The summed E-state index contributed by atoms with van der Waals surface area (Å²) in [4.78, 5) is 23.8. The molecule has 1 aromatic carbocycles. The van der Waals surface area contributed by atoms with Crippen molar-refractivity contribution < 1.29 is 9.59 Å². The quantitative estimate of drug-likeness (QED) is 0.554. The lowest BCUT2D eigenvalue weighted by atomic mass is 9.85. The van der Waals surface area contributed by atoms with Crippen LogP contribution in [-0.4, -0.2) is 18.4 Å². The minimum Gasteiger partial charge on any atom is -0.352 e. The molecular formula is C19H30ClN3O2. The fourth-order valence-corrected chi connectivity index (χ4v) is 2.75. The van der Waals surface area contributed by atoms with Crippen molar-refractivity contribution in [2.75, 3.05) is 11.9 Å². The van der Waals surface area contributed by atoms with Gasteiger partial charge in [0.1, 0.15) is 0 Å². The fraction of sp³-hybridized carbons (Fsp3) is 0.579. The average molecular weight is 368 g/mol. The molecule has 25 heavy (non-hydrogen) atoms. The summed E-state index contributed by atoms with van der Waals surface area (Å²) in [7, 11) is 0. The minimum absolute atomic E-state index is 0. The smallest absolute Gasteiger partial charge is 0.227 e. The van der Waals surface area contributed by atoms with E-state index in [1.165, 1.54) is 0 Å². The van der Waals surface area contributed by atoms with Crippen LogP contribution in [0.15, 0.2) is 24.3 Å². The van der Waals surface area contributed by atoms with Gasteiger partial charge in [0, 0.05) is 24.6 Å².